The highest BCUT2D eigenvalue weighted by molar-refractivity contribution is 5.69. The van der Waals surface area contributed by atoms with Crippen molar-refractivity contribution >= 4 is 23.9 Å². The molecule has 0 aliphatic heterocycles. The minimum atomic E-state index is -0.575. The van der Waals surface area contributed by atoms with Crippen molar-refractivity contribution in [2.75, 3.05) is 7.11 Å². The molecule has 0 aromatic rings. The van der Waals surface area contributed by atoms with Crippen molar-refractivity contribution in [2.45, 2.75) is 118 Å². The van der Waals surface area contributed by atoms with Gasteiger partial charge >= 0.3 is 23.9 Å². The van der Waals surface area contributed by atoms with Gasteiger partial charge in [0.25, 0.3) is 0 Å². The van der Waals surface area contributed by atoms with Gasteiger partial charge in [-0.15, -0.1) is 0 Å². The Morgan fingerprint density at radius 2 is 1.36 bits per heavy atom. The van der Waals surface area contributed by atoms with Crippen molar-refractivity contribution in [1.29, 1.82) is 0 Å². The van der Waals surface area contributed by atoms with Crippen LogP contribution in [0.25, 0.3) is 0 Å². The average molecular weight is 549 g/mol. The van der Waals surface area contributed by atoms with Crippen LogP contribution < -0.4 is 0 Å². The number of carbonyl (C=O) groups is 4. The zero-order chi connectivity index (χ0) is 28.7. The molecule has 0 heterocycles. The summed E-state index contributed by atoms with van der Waals surface area (Å²) in [5.41, 5.74) is -0.0674. The van der Waals surface area contributed by atoms with E-state index in [2.05, 4.69) is 20.8 Å². The van der Waals surface area contributed by atoms with Gasteiger partial charge in [0.2, 0.25) is 0 Å². The van der Waals surface area contributed by atoms with E-state index in [0.717, 1.165) is 44.9 Å². The maximum Gasteiger partial charge on any atom is 0.305 e. The number of hydrogen-bond donors (Lipinski definition) is 0. The second-order valence-corrected chi connectivity index (χ2v) is 13.4. The molecule has 0 N–H and O–H groups in total. The smallest absolute Gasteiger partial charge is 0.305 e. The van der Waals surface area contributed by atoms with E-state index in [4.69, 9.17) is 18.9 Å². The first-order valence-corrected chi connectivity index (χ1v) is 14.9. The lowest BCUT2D eigenvalue weighted by Crippen LogP contribution is -2.65. The minimum absolute atomic E-state index is 0.0496. The van der Waals surface area contributed by atoms with E-state index in [1.54, 1.807) is 0 Å². The number of fused-ring (bicyclic) bond motifs is 5. The van der Waals surface area contributed by atoms with Gasteiger partial charge in [0.05, 0.1) is 7.11 Å². The van der Waals surface area contributed by atoms with Gasteiger partial charge in [-0.2, -0.15) is 0 Å². The average Bonchev–Trinajstić information content (AvgIpc) is 3.21. The molecule has 0 amide bonds. The van der Waals surface area contributed by atoms with Crippen LogP contribution in [0, 0.1) is 46.3 Å². The molecule has 220 valence electrons. The topological polar surface area (TPSA) is 105 Å². The Morgan fingerprint density at radius 3 is 1.97 bits per heavy atom. The van der Waals surface area contributed by atoms with E-state index in [-0.39, 0.29) is 52.6 Å². The summed E-state index contributed by atoms with van der Waals surface area (Å²) >= 11 is 0. The van der Waals surface area contributed by atoms with Gasteiger partial charge in [0, 0.05) is 39.0 Å². The van der Waals surface area contributed by atoms with Gasteiger partial charge in [0.1, 0.15) is 18.3 Å². The molecule has 4 aliphatic rings. The molecule has 0 aromatic heterocycles. The van der Waals surface area contributed by atoms with Crippen LogP contribution in [0.3, 0.4) is 0 Å². The third-order valence-corrected chi connectivity index (χ3v) is 11.4. The Hall–Kier alpha value is -2.12. The molecule has 8 nitrogen and oxygen atoms in total. The fourth-order valence-corrected chi connectivity index (χ4v) is 9.81. The number of hydrogen-bond acceptors (Lipinski definition) is 8. The standard InChI is InChI=1S/C31H48O8/c1-17(8-11-26(35)36-7)22-9-10-23-27-24(13-15-30(22,23)5)31(6)14-12-21(37-18(2)32)16-25(31)28(38-19(3)33)29(27)39-20(4)34/h17,21-25,27-29H,8-16H2,1-7H3/t17-,21-,22-,23+,24+,25+,27+,28+,29-,30-,31-/m1/s1. The maximum absolute atomic E-state index is 12.5. The molecule has 8 heteroatoms. The van der Waals surface area contributed by atoms with Gasteiger partial charge in [-0.05, 0) is 85.9 Å². The van der Waals surface area contributed by atoms with Crippen LogP contribution in [-0.4, -0.2) is 49.3 Å². The van der Waals surface area contributed by atoms with Crippen LogP contribution in [-0.2, 0) is 38.1 Å². The molecule has 0 radical (unpaired) electrons. The summed E-state index contributed by atoms with van der Waals surface area (Å²) < 4.78 is 22.7. The molecule has 0 spiro atoms. The Balaban J connectivity index is 1.69. The lowest BCUT2D eigenvalue weighted by Gasteiger charge is -2.64. The fraction of sp³-hybridized carbons (Fsp3) is 0.871. The summed E-state index contributed by atoms with van der Waals surface area (Å²) in [6.45, 7) is 11.3. The highest BCUT2D eigenvalue weighted by Gasteiger charge is 2.67. The van der Waals surface area contributed by atoms with E-state index in [0.29, 0.717) is 36.5 Å². The van der Waals surface area contributed by atoms with Crippen molar-refractivity contribution in [3.05, 3.63) is 0 Å². The van der Waals surface area contributed by atoms with Crippen LogP contribution in [0.2, 0.25) is 0 Å². The highest BCUT2D eigenvalue weighted by Crippen LogP contribution is 2.69. The van der Waals surface area contributed by atoms with Crippen molar-refractivity contribution < 1.29 is 38.1 Å². The molecule has 0 unspecified atom stereocenters. The molecule has 0 saturated heterocycles. The zero-order valence-electron chi connectivity index (χ0n) is 24.8. The summed E-state index contributed by atoms with van der Waals surface area (Å²) in [4.78, 5) is 48.6. The highest BCUT2D eigenvalue weighted by atomic mass is 16.6. The van der Waals surface area contributed by atoms with Crippen molar-refractivity contribution in [1.82, 2.24) is 0 Å². The molecule has 0 bridgehead atoms. The number of rotatable bonds is 7. The van der Waals surface area contributed by atoms with E-state index < -0.39 is 12.2 Å². The van der Waals surface area contributed by atoms with Crippen LogP contribution in [0.1, 0.15) is 99.3 Å². The Kier molecular flexibility index (Phi) is 8.73. The van der Waals surface area contributed by atoms with Gasteiger partial charge in [-0.1, -0.05) is 20.8 Å². The minimum Gasteiger partial charge on any atom is -0.469 e. The summed E-state index contributed by atoms with van der Waals surface area (Å²) in [7, 11) is 1.44. The molecule has 4 saturated carbocycles. The fourth-order valence-electron chi connectivity index (χ4n) is 9.81. The number of ether oxygens (including phenoxy) is 4. The second kappa shape index (κ2) is 11.4. The number of esters is 4. The van der Waals surface area contributed by atoms with Gasteiger partial charge in [-0.25, -0.2) is 0 Å². The van der Waals surface area contributed by atoms with Gasteiger partial charge < -0.3 is 18.9 Å². The van der Waals surface area contributed by atoms with Gasteiger partial charge in [0.15, 0.2) is 0 Å². The SMILES string of the molecule is COC(=O)CC[C@@H](C)[C@H]1CC[C@H]2[C@@H]3[C@@H](OC(C)=O)[C@@H](OC(C)=O)[C@@H]4C[C@H](OC(C)=O)CC[C@]4(C)[C@H]3CC[C@]12C. The molecule has 4 fully saturated rings. The monoisotopic (exact) mass is 548 g/mol. The van der Waals surface area contributed by atoms with Crippen molar-refractivity contribution in [3.63, 3.8) is 0 Å². The van der Waals surface area contributed by atoms with E-state index in [1.165, 1.54) is 27.9 Å². The normalized spacial score (nSPS) is 41.7. The Bertz CT molecular complexity index is 962. The first-order chi connectivity index (χ1) is 18.3. The number of carbonyl (C=O) groups excluding carboxylic acids is 4. The first kappa shape index (κ1) is 29.9. The Labute approximate surface area is 233 Å². The summed E-state index contributed by atoms with van der Waals surface area (Å²) in [5.74, 6) is 0.289. The van der Waals surface area contributed by atoms with E-state index in [1.807, 2.05) is 0 Å². The van der Waals surface area contributed by atoms with Crippen LogP contribution >= 0.6 is 0 Å². The van der Waals surface area contributed by atoms with E-state index in [9.17, 15) is 19.2 Å². The zero-order valence-corrected chi connectivity index (χ0v) is 24.8. The lowest BCUT2D eigenvalue weighted by molar-refractivity contribution is -0.242. The van der Waals surface area contributed by atoms with Crippen LogP contribution in [0.5, 0.6) is 0 Å². The number of methoxy groups -OCH3 is 1. The lowest BCUT2D eigenvalue weighted by atomic mass is 9.43. The molecule has 0 aromatic carbocycles. The van der Waals surface area contributed by atoms with Crippen LogP contribution in [0.15, 0.2) is 0 Å². The quantitative estimate of drug-likeness (QED) is 0.314. The molecule has 39 heavy (non-hydrogen) atoms. The molecular formula is C31H48O8. The molecular weight excluding hydrogens is 500 g/mol. The van der Waals surface area contributed by atoms with E-state index >= 15 is 0 Å². The third kappa shape index (κ3) is 5.58. The summed E-state index contributed by atoms with van der Waals surface area (Å²) in [6, 6.07) is 0. The van der Waals surface area contributed by atoms with Crippen molar-refractivity contribution in [2.24, 2.45) is 46.3 Å². The molecule has 11 atom stereocenters. The van der Waals surface area contributed by atoms with Crippen molar-refractivity contribution in [3.8, 4) is 0 Å². The summed E-state index contributed by atoms with van der Waals surface area (Å²) in [5, 5.41) is 0. The molecule has 4 aliphatic carbocycles. The predicted octanol–water partition coefficient (Wildman–Crippen LogP) is 5.25. The van der Waals surface area contributed by atoms with Crippen LogP contribution in [0.4, 0.5) is 0 Å². The Morgan fingerprint density at radius 1 is 0.769 bits per heavy atom. The largest absolute Gasteiger partial charge is 0.469 e. The first-order valence-electron chi connectivity index (χ1n) is 14.9. The maximum atomic E-state index is 12.5. The third-order valence-electron chi connectivity index (χ3n) is 11.4. The summed E-state index contributed by atoms with van der Waals surface area (Å²) in [6.07, 6.45) is 6.38. The molecule has 4 rings (SSSR count). The van der Waals surface area contributed by atoms with Gasteiger partial charge in [-0.3, -0.25) is 19.2 Å². The predicted molar refractivity (Wildman–Crippen MR) is 143 cm³/mol. The second-order valence-electron chi connectivity index (χ2n) is 13.4.